The highest BCUT2D eigenvalue weighted by atomic mass is 19.4. The van der Waals surface area contributed by atoms with Crippen LogP contribution >= 0.6 is 0 Å². The SMILES string of the molecule is CC(C)(C)N=C(N)COCC(F)(F)F. The van der Waals surface area contributed by atoms with Gasteiger partial charge in [-0.2, -0.15) is 13.2 Å². The number of hydrogen-bond acceptors (Lipinski definition) is 2. The fourth-order valence-electron chi connectivity index (χ4n) is 0.734. The number of hydrogen-bond donors (Lipinski definition) is 1. The molecule has 0 amide bonds. The van der Waals surface area contributed by atoms with Crippen molar-refractivity contribution < 1.29 is 17.9 Å². The van der Waals surface area contributed by atoms with Crippen molar-refractivity contribution >= 4 is 5.84 Å². The summed E-state index contributed by atoms with van der Waals surface area (Å²) in [5, 5.41) is 0. The molecule has 84 valence electrons. The van der Waals surface area contributed by atoms with Gasteiger partial charge in [0.15, 0.2) is 0 Å². The first-order chi connectivity index (χ1) is 6.10. The Morgan fingerprint density at radius 2 is 1.79 bits per heavy atom. The number of halogens is 3. The molecule has 0 aromatic carbocycles. The van der Waals surface area contributed by atoms with E-state index in [1.807, 2.05) is 0 Å². The third-order valence-electron chi connectivity index (χ3n) is 0.995. The first-order valence-electron chi connectivity index (χ1n) is 4.09. The van der Waals surface area contributed by atoms with E-state index < -0.39 is 18.3 Å². The number of amidine groups is 1. The quantitative estimate of drug-likeness (QED) is 0.572. The lowest BCUT2D eigenvalue weighted by Crippen LogP contribution is -2.27. The summed E-state index contributed by atoms with van der Waals surface area (Å²) in [6, 6.07) is 0. The summed E-state index contributed by atoms with van der Waals surface area (Å²) in [6.07, 6.45) is -4.32. The summed E-state index contributed by atoms with van der Waals surface area (Å²) in [7, 11) is 0. The summed E-state index contributed by atoms with van der Waals surface area (Å²) in [4.78, 5) is 3.93. The van der Waals surface area contributed by atoms with Gasteiger partial charge in [-0.15, -0.1) is 0 Å². The van der Waals surface area contributed by atoms with Gasteiger partial charge in [-0.25, -0.2) is 0 Å². The Bertz CT molecular complexity index is 206. The highest BCUT2D eigenvalue weighted by Crippen LogP contribution is 2.14. The Kier molecular flexibility index (Phi) is 4.38. The van der Waals surface area contributed by atoms with Gasteiger partial charge in [0.1, 0.15) is 19.0 Å². The highest BCUT2D eigenvalue weighted by molar-refractivity contribution is 5.81. The first kappa shape index (κ1) is 13.2. The normalized spacial score (nSPS) is 14.6. The molecule has 0 aliphatic heterocycles. The van der Waals surface area contributed by atoms with E-state index in [1.165, 1.54) is 0 Å². The standard InChI is InChI=1S/C8H15F3N2O/c1-7(2,3)13-6(12)4-14-5-8(9,10)11/h4-5H2,1-3H3,(H2,12,13). The molecule has 0 aromatic heterocycles. The van der Waals surface area contributed by atoms with E-state index in [4.69, 9.17) is 5.73 Å². The van der Waals surface area contributed by atoms with Gasteiger partial charge < -0.3 is 10.5 Å². The molecule has 0 radical (unpaired) electrons. The summed E-state index contributed by atoms with van der Waals surface area (Å²) in [6.45, 7) is 3.79. The van der Waals surface area contributed by atoms with Gasteiger partial charge in [0.25, 0.3) is 0 Å². The Hall–Kier alpha value is -0.780. The fraction of sp³-hybridized carbons (Fsp3) is 0.875. The molecule has 14 heavy (non-hydrogen) atoms. The zero-order valence-electron chi connectivity index (χ0n) is 8.48. The van der Waals surface area contributed by atoms with Gasteiger partial charge in [-0.3, -0.25) is 4.99 Å². The summed E-state index contributed by atoms with van der Waals surface area (Å²) < 4.78 is 39.2. The van der Waals surface area contributed by atoms with Crippen LogP contribution in [0.5, 0.6) is 0 Å². The molecule has 0 saturated heterocycles. The topological polar surface area (TPSA) is 47.6 Å². The lowest BCUT2D eigenvalue weighted by molar-refractivity contribution is -0.170. The summed E-state index contributed by atoms with van der Waals surface area (Å²) in [5.41, 5.74) is 4.95. The third-order valence-corrected chi connectivity index (χ3v) is 0.995. The third kappa shape index (κ3) is 9.31. The zero-order chi connectivity index (χ0) is 11.4. The second-order valence-electron chi connectivity index (χ2n) is 3.88. The van der Waals surface area contributed by atoms with Crippen molar-refractivity contribution in [3.05, 3.63) is 0 Å². The van der Waals surface area contributed by atoms with Crippen LogP contribution in [0.15, 0.2) is 4.99 Å². The van der Waals surface area contributed by atoms with Crippen molar-refractivity contribution in [1.82, 2.24) is 0 Å². The Morgan fingerprint density at radius 3 is 2.14 bits per heavy atom. The maximum Gasteiger partial charge on any atom is 0.411 e. The monoisotopic (exact) mass is 212 g/mol. The van der Waals surface area contributed by atoms with E-state index in [2.05, 4.69) is 9.73 Å². The maximum absolute atomic E-state index is 11.6. The highest BCUT2D eigenvalue weighted by Gasteiger charge is 2.27. The molecule has 0 aromatic rings. The lowest BCUT2D eigenvalue weighted by atomic mass is 10.1. The van der Waals surface area contributed by atoms with Crippen LogP contribution in [0.2, 0.25) is 0 Å². The van der Waals surface area contributed by atoms with Crippen LogP contribution in [-0.4, -0.2) is 30.8 Å². The second-order valence-corrected chi connectivity index (χ2v) is 3.88. The van der Waals surface area contributed by atoms with E-state index in [1.54, 1.807) is 20.8 Å². The number of ether oxygens (including phenoxy) is 1. The van der Waals surface area contributed by atoms with Crippen LogP contribution in [0.25, 0.3) is 0 Å². The second kappa shape index (κ2) is 4.63. The van der Waals surface area contributed by atoms with Crippen LogP contribution in [0.3, 0.4) is 0 Å². The van der Waals surface area contributed by atoms with Crippen LogP contribution in [0.4, 0.5) is 13.2 Å². The molecular weight excluding hydrogens is 197 g/mol. The van der Waals surface area contributed by atoms with Crippen molar-refractivity contribution in [1.29, 1.82) is 0 Å². The van der Waals surface area contributed by atoms with Crippen molar-refractivity contribution in [2.75, 3.05) is 13.2 Å². The molecule has 0 bridgehead atoms. The van der Waals surface area contributed by atoms with Crippen LogP contribution < -0.4 is 5.73 Å². The van der Waals surface area contributed by atoms with Crippen molar-refractivity contribution in [2.45, 2.75) is 32.5 Å². The number of aliphatic imine (C=N–C) groups is 1. The Morgan fingerprint density at radius 1 is 1.29 bits per heavy atom. The number of rotatable bonds is 3. The minimum absolute atomic E-state index is 0.0711. The predicted molar refractivity (Wildman–Crippen MR) is 48.2 cm³/mol. The lowest BCUT2D eigenvalue weighted by Gasteiger charge is -2.14. The molecule has 0 unspecified atom stereocenters. The number of alkyl halides is 3. The maximum atomic E-state index is 11.6. The summed E-state index contributed by atoms with van der Waals surface area (Å²) in [5.74, 6) is 0.0711. The average molecular weight is 212 g/mol. The van der Waals surface area contributed by atoms with Gasteiger partial charge in [-0.1, -0.05) is 0 Å². The van der Waals surface area contributed by atoms with Crippen molar-refractivity contribution in [3.8, 4) is 0 Å². The predicted octanol–water partition coefficient (Wildman–Crippen LogP) is 1.72. The molecule has 0 spiro atoms. The fourth-order valence-corrected chi connectivity index (χ4v) is 0.734. The van der Waals surface area contributed by atoms with Crippen LogP contribution in [0.1, 0.15) is 20.8 Å². The van der Waals surface area contributed by atoms with Crippen molar-refractivity contribution in [3.63, 3.8) is 0 Å². The molecule has 3 nitrogen and oxygen atoms in total. The molecule has 0 aliphatic rings. The Balaban J connectivity index is 3.87. The largest absolute Gasteiger partial charge is 0.411 e. The van der Waals surface area contributed by atoms with Crippen molar-refractivity contribution in [2.24, 2.45) is 10.7 Å². The van der Waals surface area contributed by atoms with Gasteiger partial charge in [0, 0.05) is 0 Å². The molecule has 0 heterocycles. The average Bonchev–Trinajstić information content (AvgIpc) is 1.78. The zero-order valence-corrected chi connectivity index (χ0v) is 8.48. The van der Waals surface area contributed by atoms with Gasteiger partial charge in [0.2, 0.25) is 0 Å². The molecule has 0 atom stereocenters. The van der Waals surface area contributed by atoms with Gasteiger partial charge in [-0.05, 0) is 20.8 Å². The smallest absolute Gasteiger partial charge is 0.386 e. The molecule has 6 heteroatoms. The van der Waals surface area contributed by atoms with Crippen LogP contribution in [0, 0.1) is 0 Å². The minimum Gasteiger partial charge on any atom is -0.386 e. The molecule has 0 saturated carbocycles. The molecule has 0 fully saturated rings. The van der Waals surface area contributed by atoms with E-state index in [9.17, 15) is 13.2 Å². The van der Waals surface area contributed by atoms with Crippen LogP contribution in [-0.2, 0) is 4.74 Å². The minimum atomic E-state index is -4.32. The molecule has 0 rings (SSSR count). The van der Waals surface area contributed by atoms with Gasteiger partial charge >= 0.3 is 6.18 Å². The van der Waals surface area contributed by atoms with Gasteiger partial charge in [0.05, 0.1) is 5.54 Å². The first-order valence-corrected chi connectivity index (χ1v) is 4.09. The molecular formula is C8H15F3N2O. The molecule has 2 N–H and O–H groups in total. The number of nitrogens with two attached hydrogens (primary N) is 1. The van der Waals surface area contributed by atoms with E-state index in [0.717, 1.165) is 0 Å². The van der Waals surface area contributed by atoms with E-state index in [-0.39, 0.29) is 12.4 Å². The van der Waals surface area contributed by atoms with E-state index >= 15 is 0 Å². The Labute approximate surface area is 81.1 Å². The number of nitrogens with zero attached hydrogens (tertiary/aromatic N) is 1. The van der Waals surface area contributed by atoms with E-state index in [0.29, 0.717) is 0 Å². The summed E-state index contributed by atoms with van der Waals surface area (Å²) >= 11 is 0. The molecule has 0 aliphatic carbocycles.